The van der Waals surface area contributed by atoms with Crippen molar-refractivity contribution >= 4 is 57.8 Å². The molecule has 104 valence electrons. The Morgan fingerprint density at radius 2 is 2.30 bits per heavy atom. The number of halogens is 1. The number of ether oxygens (including phenoxy) is 1. The van der Waals surface area contributed by atoms with Crippen LogP contribution in [0.15, 0.2) is 23.1 Å². The van der Waals surface area contributed by atoms with Crippen molar-refractivity contribution in [2.45, 2.75) is 0 Å². The maximum atomic E-state index is 11.5. The fourth-order valence-electron chi connectivity index (χ4n) is 1.45. The van der Waals surface area contributed by atoms with Gasteiger partial charge in [0.15, 0.2) is 6.61 Å². The zero-order valence-corrected chi connectivity index (χ0v) is 12.4. The van der Waals surface area contributed by atoms with Crippen LogP contribution in [0.5, 0.6) is 5.75 Å². The third kappa shape index (κ3) is 3.72. The van der Waals surface area contributed by atoms with E-state index in [1.807, 2.05) is 0 Å². The van der Waals surface area contributed by atoms with E-state index in [2.05, 4.69) is 5.32 Å². The van der Waals surface area contributed by atoms with E-state index in [4.69, 9.17) is 34.3 Å². The van der Waals surface area contributed by atoms with Crippen molar-refractivity contribution in [2.24, 2.45) is 5.73 Å². The first-order valence-corrected chi connectivity index (χ1v) is 7.01. The minimum Gasteiger partial charge on any atom is -0.482 e. The van der Waals surface area contributed by atoms with Gasteiger partial charge in [-0.1, -0.05) is 41.6 Å². The first-order valence-electron chi connectivity index (χ1n) is 5.41. The minimum atomic E-state index is -0.584. The molecule has 1 aliphatic rings. The number of nitrogens with two attached hydrogens (primary N) is 1. The van der Waals surface area contributed by atoms with Crippen LogP contribution < -0.4 is 15.8 Å². The summed E-state index contributed by atoms with van der Waals surface area (Å²) in [7, 11) is 0. The van der Waals surface area contributed by atoms with Crippen molar-refractivity contribution in [2.75, 3.05) is 6.61 Å². The highest BCUT2D eigenvalue weighted by atomic mass is 35.5. The number of hydrogen-bond donors (Lipinski definition) is 2. The Labute approximate surface area is 129 Å². The summed E-state index contributed by atoms with van der Waals surface area (Å²) in [6, 6.07) is 4.94. The van der Waals surface area contributed by atoms with Gasteiger partial charge in [0, 0.05) is 0 Å². The number of carbonyl (C=O) groups is 2. The molecule has 0 atom stereocenters. The maximum absolute atomic E-state index is 11.5. The molecule has 2 rings (SSSR count). The van der Waals surface area contributed by atoms with Crippen LogP contribution in [-0.4, -0.2) is 22.7 Å². The lowest BCUT2D eigenvalue weighted by atomic mass is 10.2. The molecule has 1 saturated heterocycles. The molecule has 0 radical (unpaired) electrons. The lowest BCUT2D eigenvalue weighted by Crippen LogP contribution is -2.20. The van der Waals surface area contributed by atoms with E-state index in [1.165, 1.54) is 11.8 Å². The number of rotatable bonds is 4. The van der Waals surface area contributed by atoms with Gasteiger partial charge < -0.3 is 15.8 Å². The topological polar surface area (TPSA) is 81.4 Å². The SMILES string of the molecule is NC(=O)COc1ccc(/C=C2\SC(=S)NC2=O)cc1Cl. The molecule has 0 bridgehead atoms. The van der Waals surface area contributed by atoms with Crippen molar-refractivity contribution in [3.63, 3.8) is 0 Å². The molecule has 0 spiro atoms. The van der Waals surface area contributed by atoms with Crippen molar-refractivity contribution in [1.82, 2.24) is 5.32 Å². The highest BCUT2D eigenvalue weighted by molar-refractivity contribution is 8.26. The summed E-state index contributed by atoms with van der Waals surface area (Å²) in [6.07, 6.45) is 1.67. The lowest BCUT2D eigenvalue weighted by Gasteiger charge is -2.06. The van der Waals surface area contributed by atoms with Gasteiger partial charge in [0.1, 0.15) is 10.1 Å². The molecule has 1 aromatic carbocycles. The average molecular weight is 329 g/mol. The van der Waals surface area contributed by atoms with Gasteiger partial charge in [0.25, 0.3) is 11.8 Å². The Balaban J connectivity index is 2.17. The summed E-state index contributed by atoms with van der Waals surface area (Å²) < 4.78 is 5.55. The largest absolute Gasteiger partial charge is 0.482 e. The normalized spacial score (nSPS) is 16.4. The molecule has 20 heavy (non-hydrogen) atoms. The van der Waals surface area contributed by atoms with Crippen LogP contribution in [0.25, 0.3) is 6.08 Å². The summed E-state index contributed by atoms with van der Waals surface area (Å²) in [5, 5.41) is 2.85. The molecule has 3 N–H and O–H groups in total. The van der Waals surface area contributed by atoms with E-state index in [-0.39, 0.29) is 12.5 Å². The van der Waals surface area contributed by atoms with Gasteiger partial charge in [-0.15, -0.1) is 0 Å². The summed E-state index contributed by atoms with van der Waals surface area (Å²) in [4.78, 5) is 22.7. The van der Waals surface area contributed by atoms with Crippen LogP contribution in [0.3, 0.4) is 0 Å². The van der Waals surface area contributed by atoms with E-state index < -0.39 is 5.91 Å². The smallest absolute Gasteiger partial charge is 0.263 e. The van der Waals surface area contributed by atoms with Gasteiger partial charge in [-0.2, -0.15) is 0 Å². The Bertz CT molecular complexity index is 631. The van der Waals surface area contributed by atoms with Crippen LogP contribution in [0.4, 0.5) is 0 Å². The molecule has 1 fully saturated rings. The number of benzene rings is 1. The number of carbonyl (C=O) groups excluding carboxylic acids is 2. The number of thioether (sulfide) groups is 1. The Kier molecular flexibility index (Phi) is 4.64. The van der Waals surface area contributed by atoms with Crippen LogP contribution in [0, 0.1) is 0 Å². The average Bonchev–Trinajstić information content (AvgIpc) is 2.66. The van der Waals surface area contributed by atoms with Crippen LogP contribution in [-0.2, 0) is 9.59 Å². The van der Waals surface area contributed by atoms with E-state index in [0.717, 1.165) is 5.56 Å². The zero-order valence-electron chi connectivity index (χ0n) is 10.0. The first kappa shape index (κ1) is 14.8. The van der Waals surface area contributed by atoms with E-state index in [0.29, 0.717) is 20.0 Å². The minimum absolute atomic E-state index is 0.231. The highest BCUT2D eigenvalue weighted by Crippen LogP contribution is 2.29. The summed E-state index contributed by atoms with van der Waals surface area (Å²) in [5.74, 6) is -0.461. The molecular weight excluding hydrogens is 320 g/mol. The molecule has 1 aliphatic heterocycles. The van der Waals surface area contributed by atoms with Gasteiger partial charge in [0.2, 0.25) is 0 Å². The number of thiocarbonyl (C=S) groups is 1. The zero-order chi connectivity index (χ0) is 14.7. The van der Waals surface area contributed by atoms with E-state index >= 15 is 0 Å². The molecular formula is C12H9ClN2O3S2. The van der Waals surface area contributed by atoms with Gasteiger partial charge >= 0.3 is 0 Å². The van der Waals surface area contributed by atoms with Gasteiger partial charge in [-0.25, -0.2) is 0 Å². The first-order chi connectivity index (χ1) is 9.45. The second kappa shape index (κ2) is 6.25. The Morgan fingerprint density at radius 1 is 1.55 bits per heavy atom. The molecule has 0 unspecified atom stereocenters. The lowest BCUT2D eigenvalue weighted by molar-refractivity contribution is -0.120. The number of amides is 2. The maximum Gasteiger partial charge on any atom is 0.263 e. The van der Waals surface area contributed by atoms with Crippen LogP contribution >= 0.6 is 35.6 Å². The summed E-state index contributed by atoms with van der Waals surface area (Å²) in [5.41, 5.74) is 5.71. The monoisotopic (exact) mass is 328 g/mol. The molecule has 0 saturated carbocycles. The molecule has 2 amide bonds. The van der Waals surface area contributed by atoms with Crippen molar-refractivity contribution < 1.29 is 14.3 Å². The second-order valence-electron chi connectivity index (χ2n) is 3.80. The van der Waals surface area contributed by atoms with Crippen LogP contribution in [0.2, 0.25) is 5.02 Å². The van der Waals surface area contributed by atoms with Crippen molar-refractivity contribution in [3.8, 4) is 5.75 Å². The molecule has 0 aromatic heterocycles. The molecule has 5 nitrogen and oxygen atoms in total. The third-order valence-electron chi connectivity index (χ3n) is 2.27. The number of nitrogens with one attached hydrogen (secondary N) is 1. The molecule has 1 heterocycles. The van der Waals surface area contributed by atoms with Gasteiger partial charge in [-0.3, -0.25) is 9.59 Å². The molecule has 0 aliphatic carbocycles. The summed E-state index contributed by atoms with van der Waals surface area (Å²) in [6.45, 7) is -0.243. The molecule has 1 aromatic rings. The summed E-state index contributed by atoms with van der Waals surface area (Å²) >= 11 is 12.1. The Morgan fingerprint density at radius 3 is 2.85 bits per heavy atom. The number of primary amides is 1. The van der Waals surface area contributed by atoms with E-state index in [1.54, 1.807) is 24.3 Å². The van der Waals surface area contributed by atoms with E-state index in [9.17, 15) is 9.59 Å². The van der Waals surface area contributed by atoms with Gasteiger partial charge in [-0.05, 0) is 23.8 Å². The van der Waals surface area contributed by atoms with Crippen LogP contribution in [0.1, 0.15) is 5.56 Å². The standard InChI is InChI=1S/C12H9ClN2O3S2/c13-7-3-6(1-2-8(7)18-5-10(14)16)4-9-11(17)15-12(19)20-9/h1-4H,5H2,(H2,14,16)(H,15,17,19)/b9-4-. The Hall–Kier alpha value is -1.57. The predicted molar refractivity (Wildman–Crippen MR) is 82.5 cm³/mol. The third-order valence-corrected chi connectivity index (χ3v) is 3.72. The number of hydrogen-bond acceptors (Lipinski definition) is 5. The predicted octanol–water partition coefficient (Wildman–Crippen LogP) is 1.69. The second-order valence-corrected chi connectivity index (χ2v) is 5.92. The van der Waals surface area contributed by atoms with Crippen molar-refractivity contribution in [1.29, 1.82) is 0 Å². The quantitative estimate of drug-likeness (QED) is 0.649. The highest BCUT2D eigenvalue weighted by Gasteiger charge is 2.21. The molecule has 8 heteroatoms. The fourth-order valence-corrected chi connectivity index (χ4v) is 2.73. The fraction of sp³-hybridized carbons (Fsp3) is 0.0833. The van der Waals surface area contributed by atoms with Gasteiger partial charge in [0.05, 0.1) is 9.93 Å². The van der Waals surface area contributed by atoms with Crippen molar-refractivity contribution in [3.05, 3.63) is 33.7 Å².